The molecule has 2 aromatic carbocycles. The second kappa shape index (κ2) is 7.63. The zero-order chi connectivity index (χ0) is 20.4. The summed E-state index contributed by atoms with van der Waals surface area (Å²) in [6, 6.07) is 15.1. The van der Waals surface area contributed by atoms with Gasteiger partial charge >= 0.3 is 6.18 Å². The lowest BCUT2D eigenvalue weighted by atomic mass is 10.2. The second-order valence-corrected chi connectivity index (χ2v) is 6.59. The van der Waals surface area contributed by atoms with Crippen molar-refractivity contribution >= 4 is 34.0 Å². The number of hydrogen-bond donors (Lipinski definition) is 2. The standard InChI is InChI=1S/C20H14ClF3N4O/c21-14-3-1-2-4-15(14)26-12-5-6-16-17(9-12)28-19(27-16)11-29-13-7-8-25-18(10-13)20(22,23)24/h1-10,26H,11H2,(H,27,28). The number of para-hydroxylation sites is 1. The molecule has 0 unspecified atom stereocenters. The van der Waals surface area contributed by atoms with Crippen LogP contribution in [0.5, 0.6) is 5.75 Å². The molecule has 9 heteroatoms. The van der Waals surface area contributed by atoms with E-state index in [1.165, 1.54) is 6.07 Å². The van der Waals surface area contributed by atoms with E-state index in [1.807, 2.05) is 36.4 Å². The summed E-state index contributed by atoms with van der Waals surface area (Å²) in [6.45, 7) is -0.0106. The van der Waals surface area contributed by atoms with Gasteiger partial charge in [0.05, 0.1) is 21.7 Å². The van der Waals surface area contributed by atoms with Crippen molar-refractivity contribution in [2.75, 3.05) is 5.32 Å². The number of H-pyrrole nitrogens is 1. The molecule has 148 valence electrons. The predicted octanol–water partition coefficient (Wildman–Crippen LogP) is 5.95. The molecule has 0 bridgehead atoms. The number of imidazole rings is 1. The third-order valence-corrected chi connectivity index (χ3v) is 4.41. The molecule has 0 amide bonds. The molecule has 0 aliphatic heterocycles. The number of nitrogens with zero attached hydrogens (tertiary/aromatic N) is 2. The lowest BCUT2D eigenvalue weighted by Crippen LogP contribution is -2.08. The van der Waals surface area contributed by atoms with Gasteiger partial charge in [-0.3, -0.25) is 4.98 Å². The van der Waals surface area contributed by atoms with Crippen LogP contribution in [0, 0.1) is 0 Å². The number of fused-ring (bicyclic) bond motifs is 1. The lowest BCUT2D eigenvalue weighted by Gasteiger charge is -2.08. The molecule has 0 radical (unpaired) electrons. The number of benzene rings is 2. The van der Waals surface area contributed by atoms with Gasteiger partial charge in [0.1, 0.15) is 23.9 Å². The summed E-state index contributed by atoms with van der Waals surface area (Å²) in [5.41, 5.74) is 2.03. The van der Waals surface area contributed by atoms with Crippen LogP contribution >= 0.6 is 11.6 Å². The third-order valence-electron chi connectivity index (χ3n) is 4.08. The summed E-state index contributed by atoms with van der Waals surface area (Å²) in [4.78, 5) is 10.8. The van der Waals surface area contributed by atoms with Gasteiger partial charge in [-0.1, -0.05) is 23.7 Å². The second-order valence-electron chi connectivity index (χ2n) is 6.18. The lowest BCUT2D eigenvalue weighted by molar-refractivity contribution is -0.141. The summed E-state index contributed by atoms with van der Waals surface area (Å²) < 4.78 is 43.6. The maximum Gasteiger partial charge on any atom is 0.433 e. The third kappa shape index (κ3) is 4.43. The van der Waals surface area contributed by atoms with Crippen LogP contribution in [0.2, 0.25) is 5.02 Å². The maximum atomic E-state index is 12.7. The largest absolute Gasteiger partial charge is 0.486 e. The summed E-state index contributed by atoms with van der Waals surface area (Å²) in [5.74, 6) is 0.550. The first-order valence-electron chi connectivity index (χ1n) is 8.55. The Bertz CT molecular complexity index is 1160. The van der Waals surface area contributed by atoms with E-state index < -0.39 is 11.9 Å². The Balaban J connectivity index is 1.49. The molecule has 0 spiro atoms. The van der Waals surface area contributed by atoms with Crippen molar-refractivity contribution in [3.8, 4) is 5.75 Å². The van der Waals surface area contributed by atoms with E-state index in [0.717, 1.165) is 29.2 Å². The highest BCUT2D eigenvalue weighted by Gasteiger charge is 2.32. The Morgan fingerprint density at radius 2 is 1.90 bits per heavy atom. The Labute approximate surface area is 168 Å². The van der Waals surface area contributed by atoms with Crippen LogP contribution in [0.25, 0.3) is 11.0 Å². The molecule has 0 aliphatic carbocycles. The Kier molecular flexibility index (Phi) is 5.02. The molecule has 4 aromatic rings. The highest BCUT2D eigenvalue weighted by atomic mass is 35.5. The van der Waals surface area contributed by atoms with Crippen LogP contribution < -0.4 is 10.1 Å². The van der Waals surface area contributed by atoms with Gasteiger partial charge in [-0.2, -0.15) is 13.2 Å². The number of rotatable bonds is 5. The normalized spacial score (nSPS) is 11.6. The van der Waals surface area contributed by atoms with E-state index in [1.54, 1.807) is 6.07 Å². The number of halogens is 4. The van der Waals surface area contributed by atoms with Crippen LogP contribution in [0.3, 0.4) is 0 Å². The van der Waals surface area contributed by atoms with Gasteiger partial charge in [0.15, 0.2) is 0 Å². The fourth-order valence-corrected chi connectivity index (χ4v) is 2.91. The van der Waals surface area contributed by atoms with Crippen LogP contribution in [-0.4, -0.2) is 15.0 Å². The highest BCUT2D eigenvalue weighted by Crippen LogP contribution is 2.30. The van der Waals surface area contributed by atoms with E-state index in [-0.39, 0.29) is 12.4 Å². The quantitative estimate of drug-likeness (QED) is 0.420. The SMILES string of the molecule is FC(F)(F)c1cc(OCc2nc3cc(Nc4ccccc4Cl)ccc3[nH]2)ccn1. The summed E-state index contributed by atoms with van der Waals surface area (Å²) in [6.07, 6.45) is -3.47. The van der Waals surface area contributed by atoms with E-state index >= 15 is 0 Å². The molecular weight excluding hydrogens is 405 g/mol. The van der Waals surface area contributed by atoms with Crippen molar-refractivity contribution in [1.29, 1.82) is 0 Å². The van der Waals surface area contributed by atoms with E-state index in [9.17, 15) is 13.2 Å². The Morgan fingerprint density at radius 1 is 1.07 bits per heavy atom. The van der Waals surface area contributed by atoms with Crippen LogP contribution in [-0.2, 0) is 12.8 Å². The van der Waals surface area contributed by atoms with E-state index in [0.29, 0.717) is 16.4 Å². The monoisotopic (exact) mass is 418 g/mol. The molecule has 2 heterocycles. The maximum absolute atomic E-state index is 12.7. The topological polar surface area (TPSA) is 62.8 Å². The van der Waals surface area contributed by atoms with Crippen LogP contribution in [0.4, 0.5) is 24.5 Å². The van der Waals surface area contributed by atoms with Gasteiger partial charge in [-0.05, 0) is 36.4 Å². The number of alkyl halides is 3. The molecule has 4 rings (SSSR count). The predicted molar refractivity (Wildman–Crippen MR) is 104 cm³/mol. The number of pyridine rings is 1. The Hall–Kier alpha value is -3.26. The van der Waals surface area contributed by atoms with Crippen molar-refractivity contribution in [3.05, 3.63) is 77.3 Å². The number of nitrogens with one attached hydrogen (secondary N) is 2. The zero-order valence-corrected chi connectivity index (χ0v) is 15.6. The molecule has 2 aromatic heterocycles. The highest BCUT2D eigenvalue weighted by molar-refractivity contribution is 6.33. The van der Waals surface area contributed by atoms with Crippen molar-refractivity contribution < 1.29 is 17.9 Å². The van der Waals surface area contributed by atoms with Crippen molar-refractivity contribution in [3.63, 3.8) is 0 Å². The minimum absolute atomic E-state index is 0.0106. The van der Waals surface area contributed by atoms with Crippen molar-refractivity contribution in [1.82, 2.24) is 15.0 Å². The Morgan fingerprint density at radius 3 is 2.69 bits per heavy atom. The number of anilines is 2. The summed E-state index contributed by atoms with van der Waals surface area (Å²) in [7, 11) is 0. The molecule has 2 N–H and O–H groups in total. The first-order chi connectivity index (χ1) is 13.9. The zero-order valence-electron chi connectivity index (χ0n) is 14.8. The molecule has 5 nitrogen and oxygen atoms in total. The molecule has 0 saturated heterocycles. The number of aromatic nitrogens is 3. The van der Waals surface area contributed by atoms with Gasteiger partial charge in [0, 0.05) is 18.0 Å². The first kappa shape index (κ1) is 19.1. The summed E-state index contributed by atoms with van der Waals surface area (Å²) in [5, 5.41) is 3.82. The molecule has 0 saturated carbocycles. The van der Waals surface area contributed by atoms with Gasteiger partial charge in [0.25, 0.3) is 0 Å². The van der Waals surface area contributed by atoms with E-state index in [4.69, 9.17) is 16.3 Å². The smallest absolute Gasteiger partial charge is 0.433 e. The van der Waals surface area contributed by atoms with Crippen molar-refractivity contribution in [2.45, 2.75) is 12.8 Å². The fraction of sp³-hybridized carbons (Fsp3) is 0.100. The van der Waals surface area contributed by atoms with Crippen LogP contribution in [0.1, 0.15) is 11.5 Å². The molecule has 29 heavy (non-hydrogen) atoms. The first-order valence-corrected chi connectivity index (χ1v) is 8.92. The summed E-state index contributed by atoms with van der Waals surface area (Å²) >= 11 is 6.16. The van der Waals surface area contributed by atoms with Gasteiger partial charge in [-0.25, -0.2) is 4.98 Å². The van der Waals surface area contributed by atoms with Crippen LogP contribution in [0.15, 0.2) is 60.8 Å². The van der Waals surface area contributed by atoms with E-state index in [2.05, 4.69) is 20.3 Å². The average Bonchev–Trinajstić information content (AvgIpc) is 3.10. The number of aromatic amines is 1. The minimum atomic E-state index is -4.52. The molecular formula is C20H14ClF3N4O. The molecule has 0 fully saturated rings. The van der Waals surface area contributed by atoms with Crippen molar-refractivity contribution in [2.24, 2.45) is 0 Å². The minimum Gasteiger partial charge on any atom is -0.486 e. The average molecular weight is 419 g/mol. The molecule has 0 aliphatic rings. The van der Waals surface area contributed by atoms with Gasteiger partial charge in [0.2, 0.25) is 0 Å². The number of ether oxygens (including phenoxy) is 1. The van der Waals surface area contributed by atoms with Gasteiger partial charge < -0.3 is 15.0 Å². The fourth-order valence-electron chi connectivity index (χ4n) is 2.73. The number of hydrogen-bond acceptors (Lipinski definition) is 4. The molecule has 0 atom stereocenters. The van der Waals surface area contributed by atoms with Gasteiger partial charge in [-0.15, -0.1) is 0 Å².